The molecular formula is C22H20ClN3O3. The molecule has 2 heterocycles. The van der Waals surface area contributed by atoms with Crippen LogP contribution >= 0.6 is 11.6 Å². The third-order valence-corrected chi connectivity index (χ3v) is 4.65. The highest BCUT2D eigenvalue weighted by Crippen LogP contribution is 2.26. The third-order valence-electron chi connectivity index (χ3n) is 4.46. The van der Waals surface area contributed by atoms with Gasteiger partial charge in [-0.2, -0.15) is 5.10 Å². The van der Waals surface area contributed by atoms with Crippen molar-refractivity contribution in [2.24, 2.45) is 0 Å². The predicted octanol–water partition coefficient (Wildman–Crippen LogP) is 4.68. The van der Waals surface area contributed by atoms with Crippen molar-refractivity contribution >= 4 is 28.3 Å². The van der Waals surface area contributed by atoms with Gasteiger partial charge in [-0.25, -0.2) is 0 Å². The molecule has 0 saturated heterocycles. The Morgan fingerprint density at radius 3 is 2.86 bits per heavy atom. The zero-order valence-electron chi connectivity index (χ0n) is 15.7. The Kier molecular flexibility index (Phi) is 5.81. The molecule has 1 amide bonds. The molecule has 7 heteroatoms. The molecule has 0 atom stereocenters. The van der Waals surface area contributed by atoms with Gasteiger partial charge in [0.15, 0.2) is 5.76 Å². The number of halogens is 1. The van der Waals surface area contributed by atoms with Crippen LogP contribution in [-0.2, 0) is 13.2 Å². The second-order valence-corrected chi connectivity index (χ2v) is 7.00. The first-order chi connectivity index (χ1) is 14.2. The summed E-state index contributed by atoms with van der Waals surface area (Å²) in [4.78, 5) is 12.2. The van der Waals surface area contributed by atoms with E-state index < -0.39 is 0 Å². The number of hydrogen-bond donors (Lipinski definition) is 1. The molecule has 0 spiro atoms. The number of carbonyl (C=O) groups excluding carboxylic acids is 1. The zero-order valence-corrected chi connectivity index (χ0v) is 16.4. The standard InChI is InChI=1S/C22H20ClN3O3/c23-17-13-25-26(14-17)12-4-11-24-22(27)21-10-9-18(29-21)15-28-20-8-3-6-16-5-1-2-7-19(16)20/h1-3,5-10,13-14H,4,11-12,15H2,(H,24,27). The third kappa shape index (κ3) is 4.78. The molecule has 0 aliphatic carbocycles. The van der Waals surface area contributed by atoms with Gasteiger partial charge in [0.1, 0.15) is 18.1 Å². The fraction of sp³-hybridized carbons (Fsp3) is 0.182. The summed E-state index contributed by atoms with van der Waals surface area (Å²) in [6.07, 6.45) is 4.07. The molecule has 2 aromatic heterocycles. The van der Waals surface area contributed by atoms with Crippen LogP contribution in [-0.4, -0.2) is 22.2 Å². The van der Waals surface area contributed by atoms with Gasteiger partial charge < -0.3 is 14.5 Å². The fourth-order valence-corrected chi connectivity index (χ4v) is 3.19. The summed E-state index contributed by atoms with van der Waals surface area (Å²) in [6, 6.07) is 17.4. The minimum atomic E-state index is -0.250. The summed E-state index contributed by atoms with van der Waals surface area (Å²) in [7, 11) is 0. The lowest BCUT2D eigenvalue weighted by molar-refractivity contribution is 0.0921. The summed E-state index contributed by atoms with van der Waals surface area (Å²) >= 11 is 5.82. The van der Waals surface area contributed by atoms with Crippen molar-refractivity contribution in [2.75, 3.05) is 6.54 Å². The van der Waals surface area contributed by atoms with Crippen molar-refractivity contribution in [2.45, 2.75) is 19.6 Å². The summed E-state index contributed by atoms with van der Waals surface area (Å²) in [5, 5.41) is 9.69. The Labute approximate surface area is 173 Å². The van der Waals surface area contributed by atoms with Crippen LogP contribution in [0.2, 0.25) is 5.02 Å². The number of aryl methyl sites for hydroxylation is 1. The van der Waals surface area contributed by atoms with Gasteiger partial charge in [-0.15, -0.1) is 0 Å². The Morgan fingerprint density at radius 2 is 2.00 bits per heavy atom. The van der Waals surface area contributed by atoms with E-state index >= 15 is 0 Å². The highest BCUT2D eigenvalue weighted by atomic mass is 35.5. The van der Waals surface area contributed by atoms with E-state index in [1.165, 1.54) is 0 Å². The molecule has 0 unspecified atom stereocenters. The average Bonchev–Trinajstić information content (AvgIpc) is 3.38. The van der Waals surface area contributed by atoms with Crippen LogP contribution in [0.1, 0.15) is 22.7 Å². The molecule has 1 N–H and O–H groups in total. The van der Waals surface area contributed by atoms with E-state index in [2.05, 4.69) is 10.4 Å². The van der Waals surface area contributed by atoms with Crippen LogP contribution in [0.5, 0.6) is 5.75 Å². The topological polar surface area (TPSA) is 69.3 Å². The maximum absolute atomic E-state index is 12.2. The minimum absolute atomic E-state index is 0.250. The number of ether oxygens (including phenoxy) is 1. The maximum atomic E-state index is 12.2. The Bertz CT molecular complexity index is 1110. The minimum Gasteiger partial charge on any atom is -0.485 e. The van der Waals surface area contributed by atoms with Crippen molar-refractivity contribution in [3.63, 3.8) is 0 Å². The van der Waals surface area contributed by atoms with Crippen molar-refractivity contribution in [1.82, 2.24) is 15.1 Å². The van der Waals surface area contributed by atoms with Crippen LogP contribution < -0.4 is 10.1 Å². The number of fused-ring (bicyclic) bond motifs is 1. The Balaban J connectivity index is 1.28. The summed E-state index contributed by atoms with van der Waals surface area (Å²) in [6.45, 7) is 1.44. The monoisotopic (exact) mass is 409 g/mol. The molecule has 0 aliphatic rings. The van der Waals surface area contributed by atoms with E-state index in [4.69, 9.17) is 20.8 Å². The van der Waals surface area contributed by atoms with E-state index in [0.717, 1.165) is 22.9 Å². The normalized spacial score (nSPS) is 10.9. The molecule has 0 saturated carbocycles. The average molecular weight is 410 g/mol. The van der Waals surface area contributed by atoms with Crippen molar-refractivity contribution in [3.8, 4) is 5.75 Å². The van der Waals surface area contributed by atoms with Gasteiger partial charge in [0.25, 0.3) is 5.91 Å². The van der Waals surface area contributed by atoms with Gasteiger partial charge in [-0.3, -0.25) is 9.48 Å². The lowest BCUT2D eigenvalue weighted by Crippen LogP contribution is -2.24. The molecule has 6 nitrogen and oxygen atoms in total. The highest BCUT2D eigenvalue weighted by Gasteiger charge is 2.11. The summed E-state index contributed by atoms with van der Waals surface area (Å²) < 4.78 is 13.3. The van der Waals surface area contributed by atoms with Crippen molar-refractivity contribution in [3.05, 3.63) is 83.5 Å². The first-order valence-corrected chi connectivity index (χ1v) is 9.72. The second-order valence-electron chi connectivity index (χ2n) is 6.56. The number of nitrogens with zero attached hydrogens (tertiary/aromatic N) is 2. The number of aromatic nitrogens is 2. The zero-order chi connectivity index (χ0) is 20.1. The molecule has 0 fully saturated rings. The SMILES string of the molecule is O=C(NCCCn1cc(Cl)cn1)c1ccc(COc2cccc3ccccc23)o1. The van der Waals surface area contributed by atoms with Gasteiger partial charge in [-0.1, -0.05) is 48.0 Å². The Hall–Kier alpha value is -3.25. The molecule has 29 heavy (non-hydrogen) atoms. The predicted molar refractivity (Wildman–Crippen MR) is 111 cm³/mol. The largest absolute Gasteiger partial charge is 0.485 e. The number of carbonyl (C=O) groups is 1. The Morgan fingerprint density at radius 1 is 1.14 bits per heavy atom. The molecule has 0 radical (unpaired) electrons. The van der Waals surface area contributed by atoms with E-state index in [-0.39, 0.29) is 18.3 Å². The van der Waals surface area contributed by atoms with Gasteiger partial charge in [0, 0.05) is 24.7 Å². The maximum Gasteiger partial charge on any atom is 0.286 e. The van der Waals surface area contributed by atoms with Crippen molar-refractivity contribution in [1.29, 1.82) is 0 Å². The molecular weight excluding hydrogens is 390 g/mol. The molecule has 4 rings (SSSR count). The van der Waals surface area contributed by atoms with Crippen LogP contribution in [0.15, 0.2) is 71.4 Å². The lowest BCUT2D eigenvalue weighted by atomic mass is 10.1. The number of rotatable bonds is 8. The van der Waals surface area contributed by atoms with Gasteiger partial charge >= 0.3 is 0 Å². The van der Waals surface area contributed by atoms with Crippen LogP contribution in [0, 0.1) is 0 Å². The van der Waals surface area contributed by atoms with E-state index in [0.29, 0.717) is 23.9 Å². The van der Waals surface area contributed by atoms with Gasteiger partial charge in [0.05, 0.1) is 11.2 Å². The highest BCUT2D eigenvalue weighted by molar-refractivity contribution is 6.30. The van der Waals surface area contributed by atoms with Crippen LogP contribution in [0.25, 0.3) is 10.8 Å². The molecule has 148 valence electrons. The van der Waals surface area contributed by atoms with E-state index in [9.17, 15) is 4.79 Å². The van der Waals surface area contributed by atoms with Gasteiger partial charge in [-0.05, 0) is 30.0 Å². The lowest BCUT2D eigenvalue weighted by Gasteiger charge is -2.08. The molecule has 0 bridgehead atoms. The molecule has 2 aromatic carbocycles. The van der Waals surface area contributed by atoms with Crippen LogP contribution in [0.4, 0.5) is 0 Å². The quantitative estimate of drug-likeness (QED) is 0.429. The number of benzene rings is 2. The van der Waals surface area contributed by atoms with E-state index in [1.807, 2.05) is 42.5 Å². The smallest absolute Gasteiger partial charge is 0.286 e. The van der Waals surface area contributed by atoms with Gasteiger partial charge in [0.2, 0.25) is 0 Å². The van der Waals surface area contributed by atoms with E-state index in [1.54, 1.807) is 29.2 Å². The van der Waals surface area contributed by atoms with Crippen LogP contribution in [0.3, 0.4) is 0 Å². The number of nitrogens with one attached hydrogen (secondary N) is 1. The first-order valence-electron chi connectivity index (χ1n) is 9.34. The molecule has 4 aromatic rings. The second kappa shape index (κ2) is 8.84. The number of amides is 1. The number of hydrogen-bond acceptors (Lipinski definition) is 4. The summed E-state index contributed by atoms with van der Waals surface area (Å²) in [5.74, 6) is 1.39. The fourth-order valence-electron chi connectivity index (χ4n) is 3.04. The number of furan rings is 1. The molecule has 0 aliphatic heterocycles. The first kappa shape index (κ1) is 19.1. The summed E-state index contributed by atoms with van der Waals surface area (Å²) in [5.41, 5.74) is 0. The van der Waals surface area contributed by atoms with Crippen molar-refractivity contribution < 1.29 is 13.9 Å².